The van der Waals surface area contributed by atoms with Crippen LogP contribution in [0.2, 0.25) is 0 Å². The maximum absolute atomic E-state index is 12.4. The summed E-state index contributed by atoms with van der Waals surface area (Å²) in [4.78, 5) is 34.9. The van der Waals surface area contributed by atoms with E-state index in [1.807, 2.05) is 36.4 Å². The molecule has 178 valence electrons. The molecule has 0 aromatic heterocycles. The van der Waals surface area contributed by atoms with Crippen molar-refractivity contribution in [3.63, 3.8) is 0 Å². The van der Waals surface area contributed by atoms with Gasteiger partial charge in [-0.25, -0.2) is 4.79 Å². The lowest BCUT2D eigenvalue weighted by Gasteiger charge is -2.08. The van der Waals surface area contributed by atoms with Crippen LogP contribution in [0.5, 0.6) is 11.5 Å². The largest absolute Gasteiger partial charge is 0.485 e. The molecule has 0 atom stereocenters. The molecule has 0 aliphatic rings. The number of esters is 1. The Morgan fingerprint density at radius 2 is 1.11 bits per heavy atom. The zero-order valence-electron chi connectivity index (χ0n) is 19.3. The van der Waals surface area contributed by atoms with E-state index in [0.29, 0.717) is 23.5 Å². The summed E-state index contributed by atoms with van der Waals surface area (Å²) in [7, 11) is 0. The Bertz CT molecular complexity index is 1180. The van der Waals surface area contributed by atoms with Crippen molar-refractivity contribution in [2.45, 2.75) is 6.42 Å². The van der Waals surface area contributed by atoms with Crippen molar-refractivity contribution in [2.75, 3.05) is 19.8 Å². The van der Waals surface area contributed by atoms with Crippen LogP contribution >= 0.6 is 0 Å². The highest BCUT2D eigenvalue weighted by Gasteiger charge is 2.08. The molecule has 0 spiro atoms. The van der Waals surface area contributed by atoms with Crippen LogP contribution < -0.4 is 9.47 Å². The maximum Gasteiger partial charge on any atom is 0.338 e. The van der Waals surface area contributed by atoms with Crippen LogP contribution in [0.15, 0.2) is 98.1 Å². The molecule has 0 saturated heterocycles. The molecule has 0 unspecified atom stereocenters. The van der Waals surface area contributed by atoms with E-state index in [1.165, 1.54) is 12.2 Å². The number of benzene rings is 3. The zero-order chi connectivity index (χ0) is 25.0. The van der Waals surface area contributed by atoms with Crippen LogP contribution in [0.3, 0.4) is 0 Å². The van der Waals surface area contributed by atoms with E-state index < -0.39 is 5.97 Å². The minimum absolute atomic E-state index is 0.0440. The fraction of sp³-hybridized carbons (Fsp3) is 0.138. The Kier molecular flexibility index (Phi) is 9.14. The minimum atomic E-state index is -0.393. The van der Waals surface area contributed by atoms with Crippen molar-refractivity contribution in [1.82, 2.24) is 0 Å². The predicted octanol–water partition coefficient (Wildman–Crippen LogP) is 5.02. The highest BCUT2D eigenvalue weighted by molar-refractivity contribution is 5.91. The van der Waals surface area contributed by atoms with Gasteiger partial charge in [0.1, 0.15) is 11.5 Å². The molecule has 6 nitrogen and oxygen atoms in total. The molecule has 3 rings (SSSR count). The number of ether oxygens (including phenoxy) is 3. The first-order valence-electron chi connectivity index (χ1n) is 11.0. The predicted molar refractivity (Wildman–Crippen MR) is 134 cm³/mol. The van der Waals surface area contributed by atoms with E-state index in [1.54, 1.807) is 36.4 Å². The third-order valence-corrected chi connectivity index (χ3v) is 5.07. The summed E-state index contributed by atoms with van der Waals surface area (Å²) < 4.78 is 16.1. The molecule has 0 saturated carbocycles. The molecule has 0 aliphatic heterocycles. The lowest BCUT2D eigenvalue weighted by molar-refractivity contribution is -0.117. The van der Waals surface area contributed by atoms with Crippen LogP contribution in [-0.2, 0) is 20.7 Å². The molecule has 3 aromatic carbocycles. The van der Waals surface area contributed by atoms with Crippen LogP contribution in [0, 0.1) is 0 Å². The van der Waals surface area contributed by atoms with Crippen molar-refractivity contribution in [1.29, 1.82) is 0 Å². The molecule has 0 heterocycles. The fourth-order valence-electron chi connectivity index (χ4n) is 3.07. The molecular formula is C29H26O6. The number of ketones is 2. The Labute approximate surface area is 204 Å². The maximum atomic E-state index is 12.4. The number of hydrogen-bond donors (Lipinski definition) is 0. The first-order chi connectivity index (χ1) is 17.0. The number of carbonyl (C=O) groups is 3. The standard InChI is InChI=1S/C29H26O6/c1-3-25(30)19-34-27-13-5-21(6-14-27)17-18-33-29(32)24-9-7-22(8-10-24)23-11-15-28(16-12-23)35-20-26(31)4-2/h3-16H,1-2,17-20H2. The van der Waals surface area contributed by atoms with E-state index in [-0.39, 0.29) is 31.4 Å². The quantitative estimate of drug-likeness (QED) is 0.258. The van der Waals surface area contributed by atoms with E-state index >= 15 is 0 Å². The molecule has 0 amide bonds. The molecule has 6 heteroatoms. The van der Waals surface area contributed by atoms with Gasteiger partial charge in [0.05, 0.1) is 12.2 Å². The molecule has 0 fully saturated rings. The zero-order valence-corrected chi connectivity index (χ0v) is 19.3. The van der Waals surface area contributed by atoms with Gasteiger partial charge in [0.2, 0.25) is 0 Å². The Hall–Kier alpha value is -4.45. The monoisotopic (exact) mass is 470 g/mol. The van der Waals surface area contributed by atoms with Gasteiger partial charge in [0.25, 0.3) is 0 Å². The van der Waals surface area contributed by atoms with Crippen molar-refractivity contribution in [2.24, 2.45) is 0 Å². The Morgan fingerprint density at radius 3 is 1.60 bits per heavy atom. The van der Waals surface area contributed by atoms with Gasteiger partial charge in [0.15, 0.2) is 24.8 Å². The summed E-state index contributed by atoms with van der Waals surface area (Å²) in [6.45, 7) is 6.97. The first-order valence-corrected chi connectivity index (χ1v) is 11.0. The van der Waals surface area contributed by atoms with Gasteiger partial charge < -0.3 is 14.2 Å². The number of carbonyl (C=O) groups excluding carboxylic acids is 3. The Morgan fingerprint density at radius 1 is 0.657 bits per heavy atom. The number of hydrogen-bond acceptors (Lipinski definition) is 6. The number of rotatable bonds is 13. The second-order valence-electron chi connectivity index (χ2n) is 7.55. The second-order valence-corrected chi connectivity index (χ2v) is 7.55. The topological polar surface area (TPSA) is 78.9 Å². The molecule has 0 bridgehead atoms. The van der Waals surface area contributed by atoms with Crippen molar-refractivity contribution in [3.05, 3.63) is 109 Å². The van der Waals surface area contributed by atoms with Gasteiger partial charge in [-0.05, 0) is 65.2 Å². The van der Waals surface area contributed by atoms with E-state index in [4.69, 9.17) is 14.2 Å². The molecular weight excluding hydrogens is 444 g/mol. The average Bonchev–Trinajstić information content (AvgIpc) is 2.91. The molecule has 0 aliphatic carbocycles. The highest BCUT2D eigenvalue weighted by Crippen LogP contribution is 2.23. The van der Waals surface area contributed by atoms with E-state index in [0.717, 1.165) is 16.7 Å². The van der Waals surface area contributed by atoms with Crippen molar-refractivity contribution < 1.29 is 28.6 Å². The third kappa shape index (κ3) is 7.82. The van der Waals surface area contributed by atoms with E-state index in [2.05, 4.69) is 13.2 Å². The summed E-state index contributed by atoms with van der Waals surface area (Å²) in [5, 5.41) is 0. The van der Waals surface area contributed by atoms with Crippen LogP contribution in [-0.4, -0.2) is 37.4 Å². The van der Waals surface area contributed by atoms with E-state index in [9.17, 15) is 14.4 Å². The van der Waals surface area contributed by atoms with Crippen molar-refractivity contribution in [3.8, 4) is 22.6 Å². The van der Waals surface area contributed by atoms with Crippen LogP contribution in [0.25, 0.3) is 11.1 Å². The van der Waals surface area contributed by atoms with Crippen LogP contribution in [0.1, 0.15) is 15.9 Å². The normalized spacial score (nSPS) is 10.2. The van der Waals surface area contributed by atoms with Gasteiger partial charge >= 0.3 is 5.97 Å². The summed E-state index contributed by atoms with van der Waals surface area (Å²) in [5.74, 6) is 0.420. The van der Waals surface area contributed by atoms with Crippen LogP contribution in [0.4, 0.5) is 0 Å². The van der Waals surface area contributed by atoms with Gasteiger partial charge in [-0.2, -0.15) is 0 Å². The molecule has 35 heavy (non-hydrogen) atoms. The third-order valence-electron chi connectivity index (χ3n) is 5.07. The average molecular weight is 471 g/mol. The smallest absolute Gasteiger partial charge is 0.338 e. The summed E-state index contributed by atoms with van der Waals surface area (Å²) in [6.07, 6.45) is 3.01. The molecule has 0 N–H and O–H groups in total. The van der Waals surface area contributed by atoms with Gasteiger partial charge in [-0.15, -0.1) is 0 Å². The first kappa shape index (κ1) is 25.2. The summed E-state index contributed by atoms with van der Waals surface area (Å²) in [6, 6.07) is 21.8. The Balaban J connectivity index is 1.47. The lowest BCUT2D eigenvalue weighted by atomic mass is 10.0. The SMILES string of the molecule is C=CC(=O)COc1ccc(CCOC(=O)c2ccc(-c3ccc(OCC(=O)C=C)cc3)cc2)cc1. The summed E-state index contributed by atoms with van der Waals surface area (Å²) in [5.41, 5.74) is 3.34. The van der Waals surface area contributed by atoms with Gasteiger partial charge in [-0.1, -0.05) is 49.6 Å². The van der Waals surface area contributed by atoms with Gasteiger partial charge in [0, 0.05) is 6.42 Å². The minimum Gasteiger partial charge on any atom is -0.485 e. The fourth-order valence-corrected chi connectivity index (χ4v) is 3.07. The molecule has 3 aromatic rings. The molecule has 0 radical (unpaired) electrons. The lowest BCUT2D eigenvalue weighted by Crippen LogP contribution is -2.09. The highest BCUT2D eigenvalue weighted by atomic mass is 16.5. The van der Waals surface area contributed by atoms with Gasteiger partial charge in [-0.3, -0.25) is 9.59 Å². The second kappa shape index (κ2) is 12.7. The summed E-state index contributed by atoms with van der Waals surface area (Å²) >= 11 is 0. The van der Waals surface area contributed by atoms with Crippen molar-refractivity contribution >= 4 is 17.5 Å².